The number of amides is 1. The molecule has 0 aliphatic carbocycles. The number of aromatic nitrogens is 1. The van der Waals surface area contributed by atoms with Crippen LogP contribution in [0.5, 0.6) is 5.88 Å². The minimum Gasteiger partial charge on any atom is -0.481 e. The Kier molecular flexibility index (Phi) is 4.96. The Morgan fingerprint density at radius 3 is 2.63 bits per heavy atom. The first-order chi connectivity index (χ1) is 8.81. The van der Waals surface area contributed by atoms with Gasteiger partial charge in [-0.3, -0.25) is 4.79 Å². The summed E-state index contributed by atoms with van der Waals surface area (Å²) in [6.07, 6.45) is -3.00. The van der Waals surface area contributed by atoms with Gasteiger partial charge in [0.15, 0.2) is 0 Å². The molecule has 5 nitrogen and oxygen atoms in total. The highest BCUT2D eigenvalue weighted by molar-refractivity contribution is 5.84. The Balaban J connectivity index is 2.49. The Hall–Kier alpha value is -1.99. The van der Waals surface area contributed by atoms with Gasteiger partial charge >= 0.3 is 6.18 Å². The van der Waals surface area contributed by atoms with Crippen LogP contribution >= 0.6 is 0 Å². The number of carbonyl (C=O) groups is 1. The standard InChI is InChI=1S/C11H14F3N3O2/c1-7(10(18)16-6-11(12,13)14)17-8-3-4-9(19-2)15-5-8/h3-5,7,17H,6H2,1-2H3,(H,16,18). The number of hydrogen-bond acceptors (Lipinski definition) is 4. The summed E-state index contributed by atoms with van der Waals surface area (Å²) < 4.78 is 40.6. The molecule has 1 aromatic heterocycles. The predicted octanol–water partition coefficient (Wildman–Crippen LogP) is 1.57. The van der Waals surface area contributed by atoms with Crippen LogP contribution < -0.4 is 15.4 Å². The molecule has 106 valence electrons. The van der Waals surface area contributed by atoms with Gasteiger partial charge in [0.25, 0.3) is 0 Å². The smallest absolute Gasteiger partial charge is 0.405 e. The molecule has 1 amide bonds. The molecule has 1 aromatic rings. The van der Waals surface area contributed by atoms with E-state index in [0.717, 1.165) is 0 Å². The van der Waals surface area contributed by atoms with E-state index in [4.69, 9.17) is 4.74 Å². The fourth-order valence-electron chi connectivity index (χ4n) is 1.24. The predicted molar refractivity (Wildman–Crippen MR) is 62.9 cm³/mol. The highest BCUT2D eigenvalue weighted by atomic mass is 19.4. The van der Waals surface area contributed by atoms with Crippen LogP contribution in [0.15, 0.2) is 18.3 Å². The number of pyridine rings is 1. The number of nitrogens with zero attached hydrogens (tertiary/aromatic N) is 1. The van der Waals surface area contributed by atoms with E-state index in [1.54, 1.807) is 17.4 Å². The van der Waals surface area contributed by atoms with E-state index >= 15 is 0 Å². The van der Waals surface area contributed by atoms with Gasteiger partial charge in [-0.2, -0.15) is 13.2 Å². The van der Waals surface area contributed by atoms with Gasteiger partial charge in [-0.15, -0.1) is 0 Å². The maximum atomic E-state index is 11.9. The minimum absolute atomic E-state index is 0.403. The lowest BCUT2D eigenvalue weighted by atomic mass is 10.3. The fraction of sp³-hybridized carbons (Fsp3) is 0.455. The summed E-state index contributed by atoms with van der Waals surface area (Å²) in [5.74, 6) is -0.340. The summed E-state index contributed by atoms with van der Waals surface area (Å²) in [4.78, 5) is 15.3. The Morgan fingerprint density at radius 1 is 1.47 bits per heavy atom. The van der Waals surface area contributed by atoms with E-state index in [1.807, 2.05) is 0 Å². The Labute approximate surface area is 108 Å². The third kappa shape index (κ3) is 5.45. The number of alkyl halides is 3. The molecule has 0 radical (unpaired) electrons. The molecule has 8 heteroatoms. The highest BCUT2D eigenvalue weighted by Gasteiger charge is 2.28. The molecule has 0 saturated heterocycles. The first-order valence-electron chi connectivity index (χ1n) is 5.43. The molecule has 19 heavy (non-hydrogen) atoms. The lowest BCUT2D eigenvalue weighted by molar-refractivity contribution is -0.138. The molecule has 1 heterocycles. The lowest BCUT2D eigenvalue weighted by Crippen LogP contribution is -2.42. The summed E-state index contributed by atoms with van der Waals surface area (Å²) in [6.45, 7) is 0.106. The first-order valence-corrected chi connectivity index (χ1v) is 5.43. The van der Waals surface area contributed by atoms with Crippen molar-refractivity contribution in [1.29, 1.82) is 0 Å². The number of ether oxygens (including phenoxy) is 1. The average Bonchev–Trinajstić information content (AvgIpc) is 2.36. The van der Waals surface area contributed by atoms with Gasteiger partial charge in [-0.25, -0.2) is 4.98 Å². The van der Waals surface area contributed by atoms with Crippen LogP contribution in [0.2, 0.25) is 0 Å². The van der Waals surface area contributed by atoms with Gasteiger partial charge in [0.2, 0.25) is 11.8 Å². The van der Waals surface area contributed by atoms with Crippen molar-refractivity contribution in [3.8, 4) is 5.88 Å². The first kappa shape index (κ1) is 15.1. The van der Waals surface area contributed by atoms with Gasteiger partial charge in [0.05, 0.1) is 19.0 Å². The Morgan fingerprint density at radius 2 is 2.16 bits per heavy atom. The van der Waals surface area contributed by atoms with E-state index in [2.05, 4.69) is 10.3 Å². The van der Waals surface area contributed by atoms with Gasteiger partial charge in [-0.05, 0) is 13.0 Å². The molecule has 0 fully saturated rings. The van der Waals surface area contributed by atoms with Crippen molar-refractivity contribution in [2.75, 3.05) is 19.0 Å². The molecule has 1 unspecified atom stereocenters. The van der Waals surface area contributed by atoms with Crippen LogP contribution in [-0.4, -0.2) is 36.8 Å². The van der Waals surface area contributed by atoms with E-state index < -0.39 is 24.7 Å². The molecule has 0 bridgehead atoms. The summed E-state index contributed by atoms with van der Waals surface area (Å²) in [5.41, 5.74) is 0.510. The molecule has 2 N–H and O–H groups in total. The number of rotatable bonds is 5. The van der Waals surface area contributed by atoms with Gasteiger partial charge in [0, 0.05) is 6.07 Å². The topological polar surface area (TPSA) is 63.2 Å². The monoisotopic (exact) mass is 277 g/mol. The summed E-state index contributed by atoms with van der Waals surface area (Å²) in [7, 11) is 1.46. The van der Waals surface area contributed by atoms with Gasteiger partial charge in [-0.1, -0.05) is 0 Å². The van der Waals surface area contributed by atoms with Crippen molar-refractivity contribution in [3.05, 3.63) is 18.3 Å². The maximum absolute atomic E-state index is 11.9. The zero-order valence-electron chi connectivity index (χ0n) is 10.4. The number of nitrogens with one attached hydrogen (secondary N) is 2. The van der Waals surface area contributed by atoms with E-state index in [0.29, 0.717) is 11.6 Å². The second-order valence-corrected chi connectivity index (χ2v) is 3.79. The molecule has 0 aliphatic rings. The van der Waals surface area contributed by atoms with Crippen LogP contribution in [0, 0.1) is 0 Å². The zero-order valence-corrected chi connectivity index (χ0v) is 10.4. The third-order valence-electron chi connectivity index (χ3n) is 2.19. The quantitative estimate of drug-likeness (QED) is 0.857. The van der Waals surface area contributed by atoms with Crippen molar-refractivity contribution < 1.29 is 22.7 Å². The third-order valence-corrected chi connectivity index (χ3v) is 2.19. The average molecular weight is 277 g/mol. The Bertz CT molecular complexity index is 420. The number of carbonyl (C=O) groups excluding carboxylic acids is 1. The molecule has 0 saturated carbocycles. The molecule has 0 aliphatic heterocycles. The lowest BCUT2D eigenvalue weighted by Gasteiger charge is -2.16. The highest BCUT2D eigenvalue weighted by Crippen LogP contribution is 2.13. The zero-order chi connectivity index (χ0) is 14.5. The van der Waals surface area contributed by atoms with Crippen molar-refractivity contribution in [2.45, 2.75) is 19.1 Å². The van der Waals surface area contributed by atoms with Crippen LogP contribution in [0.3, 0.4) is 0 Å². The molecule has 1 rings (SSSR count). The van der Waals surface area contributed by atoms with Gasteiger partial charge in [0.1, 0.15) is 12.6 Å². The van der Waals surface area contributed by atoms with Crippen LogP contribution in [0.1, 0.15) is 6.92 Å². The SMILES string of the molecule is COc1ccc(NC(C)C(=O)NCC(F)(F)F)cn1. The molecular weight excluding hydrogens is 263 g/mol. The van der Waals surface area contributed by atoms with Crippen molar-refractivity contribution in [2.24, 2.45) is 0 Å². The number of halogens is 3. The maximum Gasteiger partial charge on any atom is 0.405 e. The van der Waals surface area contributed by atoms with Crippen LogP contribution in [-0.2, 0) is 4.79 Å². The van der Waals surface area contributed by atoms with E-state index in [-0.39, 0.29) is 0 Å². The fourth-order valence-corrected chi connectivity index (χ4v) is 1.24. The minimum atomic E-state index is -4.42. The number of methoxy groups -OCH3 is 1. The van der Waals surface area contributed by atoms with E-state index in [9.17, 15) is 18.0 Å². The van der Waals surface area contributed by atoms with Crippen LogP contribution in [0.25, 0.3) is 0 Å². The van der Waals surface area contributed by atoms with E-state index in [1.165, 1.54) is 20.2 Å². The molecule has 0 aromatic carbocycles. The number of hydrogen-bond donors (Lipinski definition) is 2. The van der Waals surface area contributed by atoms with Crippen molar-refractivity contribution in [1.82, 2.24) is 10.3 Å². The number of anilines is 1. The van der Waals surface area contributed by atoms with Crippen LogP contribution in [0.4, 0.5) is 18.9 Å². The summed E-state index contributed by atoms with van der Waals surface area (Å²) in [6, 6.07) is 2.37. The van der Waals surface area contributed by atoms with Crippen molar-refractivity contribution in [3.63, 3.8) is 0 Å². The molecule has 1 atom stereocenters. The second kappa shape index (κ2) is 6.26. The normalized spacial score (nSPS) is 12.7. The van der Waals surface area contributed by atoms with Crippen molar-refractivity contribution >= 4 is 11.6 Å². The molecule has 0 spiro atoms. The molecular formula is C11H14F3N3O2. The largest absolute Gasteiger partial charge is 0.481 e. The summed E-state index contributed by atoms with van der Waals surface area (Å²) in [5, 5.41) is 4.53. The summed E-state index contributed by atoms with van der Waals surface area (Å²) >= 11 is 0. The van der Waals surface area contributed by atoms with Gasteiger partial charge < -0.3 is 15.4 Å². The second-order valence-electron chi connectivity index (χ2n) is 3.79.